The van der Waals surface area contributed by atoms with Gasteiger partial charge in [-0.3, -0.25) is 13.9 Å². The normalized spacial score (nSPS) is 10.7. The van der Waals surface area contributed by atoms with Crippen LogP contribution in [-0.2, 0) is 11.3 Å². The van der Waals surface area contributed by atoms with Crippen LogP contribution in [0.4, 0.5) is 5.69 Å². The lowest BCUT2D eigenvalue weighted by Gasteiger charge is -2.09. The highest BCUT2D eigenvalue weighted by atomic mass is 16.5. The number of aromatic nitrogens is 2. The Morgan fingerprint density at radius 3 is 2.90 bits per heavy atom. The summed E-state index contributed by atoms with van der Waals surface area (Å²) < 4.78 is 10.9. The number of nitrogens with one attached hydrogen (secondary N) is 1. The molecule has 7 nitrogen and oxygen atoms in total. The van der Waals surface area contributed by atoms with E-state index in [1.807, 2.05) is 13.8 Å². The second-order valence-electron chi connectivity index (χ2n) is 4.83. The van der Waals surface area contributed by atoms with Gasteiger partial charge >= 0.3 is 5.76 Å². The summed E-state index contributed by atoms with van der Waals surface area (Å²) in [5.41, 5.74) is 0.593. The maximum absolute atomic E-state index is 12.0. The van der Waals surface area contributed by atoms with Crippen LogP contribution in [0.15, 0.2) is 33.6 Å². The molecule has 1 aromatic carbocycles. The molecule has 0 aliphatic rings. The monoisotopic (exact) mass is 291 g/mol. The molecule has 2 aromatic rings. The summed E-state index contributed by atoms with van der Waals surface area (Å²) in [5.74, 6) is 0.0922. The number of amides is 1. The fraction of sp³-hybridized carbons (Fsp3) is 0.357. The predicted molar refractivity (Wildman–Crippen MR) is 76.5 cm³/mol. The first-order valence-corrected chi connectivity index (χ1v) is 6.51. The van der Waals surface area contributed by atoms with Gasteiger partial charge in [-0.25, -0.2) is 4.79 Å². The van der Waals surface area contributed by atoms with Crippen molar-refractivity contribution in [2.45, 2.75) is 26.3 Å². The van der Waals surface area contributed by atoms with Gasteiger partial charge in [0.15, 0.2) is 5.82 Å². The quantitative estimate of drug-likeness (QED) is 0.904. The van der Waals surface area contributed by atoms with Crippen molar-refractivity contribution in [1.29, 1.82) is 0 Å². The number of carbonyl (C=O) groups excluding carboxylic acids is 1. The van der Waals surface area contributed by atoms with Crippen LogP contribution in [0, 0.1) is 0 Å². The van der Waals surface area contributed by atoms with Gasteiger partial charge in [0.05, 0.1) is 7.11 Å². The molecule has 1 heterocycles. The van der Waals surface area contributed by atoms with E-state index in [0.717, 1.165) is 0 Å². The van der Waals surface area contributed by atoms with Gasteiger partial charge in [-0.1, -0.05) is 25.1 Å². The number of methoxy groups -OCH3 is 1. The van der Waals surface area contributed by atoms with Gasteiger partial charge in [-0.05, 0) is 12.1 Å². The Labute approximate surface area is 121 Å². The minimum atomic E-state index is -0.639. The number of hydrogen-bond donors (Lipinski definition) is 1. The largest absolute Gasteiger partial charge is 0.497 e. The van der Waals surface area contributed by atoms with Crippen LogP contribution in [0.3, 0.4) is 0 Å². The summed E-state index contributed by atoms with van der Waals surface area (Å²) in [5, 5.41) is 6.38. The van der Waals surface area contributed by atoms with Crippen molar-refractivity contribution in [2.24, 2.45) is 0 Å². The zero-order valence-electron chi connectivity index (χ0n) is 12.1. The Hall–Kier alpha value is -2.57. The Kier molecular flexibility index (Phi) is 4.42. The van der Waals surface area contributed by atoms with Gasteiger partial charge in [0, 0.05) is 17.7 Å². The second kappa shape index (κ2) is 6.25. The number of benzene rings is 1. The molecule has 0 spiro atoms. The van der Waals surface area contributed by atoms with Crippen LogP contribution in [0.25, 0.3) is 0 Å². The molecular weight excluding hydrogens is 274 g/mol. The lowest BCUT2D eigenvalue weighted by atomic mass is 10.2. The summed E-state index contributed by atoms with van der Waals surface area (Å²) in [4.78, 5) is 23.6. The van der Waals surface area contributed by atoms with E-state index in [9.17, 15) is 9.59 Å². The maximum atomic E-state index is 12.0. The Morgan fingerprint density at radius 2 is 2.24 bits per heavy atom. The van der Waals surface area contributed by atoms with Crippen molar-refractivity contribution >= 4 is 11.6 Å². The Balaban J connectivity index is 2.12. The second-order valence-corrected chi connectivity index (χ2v) is 4.83. The van der Waals surface area contributed by atoms with Crippen molar-refractivity contribution in [3.05, 3.63) is 40.6 Å². The molecule has 0 aliphatic heterocycles. The van der Waals surface area contributed by atoms with Crippen molar-refractivity contribution in [3.63, 3.8) is 0 Å². The smallest absolute Gasteiger partial charge is 0.442 e. The molecule has 21 heavy (non-hydrogen) atoms. The van der Waals surface area contributed by atoms with E-state index in [4.69, 9.17) is 4.74 Å². The first kappa shape index (κ1) is 14.8. The molecule has 1 amide bonds. The average Bonchev–Trinajstić information content (AvgIpc) is 2.80. The van der Waals surface area contributed by atoms with E-state index in [2.05, 4.69) is 15.0 Å². The van der Waals surface area contributed by atoms with E-state index < -0.39 is 5.76 Å². The minimum Gasteiger partial charge on any atom is -0.497 e. The summed E-state index contributed by atoms with van der Waals surface area (Å²) in [6.07, 6.45) is 0. The van der Waals surface area contributed by atoms with Gasteiger partial charge in [-0.2, -0.15) is 0 Å². The van der Waals surface area contributed by atoms with Gasteiger partial charge in [0.25, 0.3) is 0 Å². The zero-order chi connectivity index (χ0) is 15.4. The van der Waals surface area contributed by atoms with Gasteiger partial charge in [0.2, 0.25) is 5.91 Å². The number of anilines is 1. The fourth-order valence-electron chi connectivity index (χ4n) is 1.89. The number of carbonyl (C=O) groups is 1. The average molecular weight is 291 g/mol. The number of ether oxygens (including phenoxy) is 1. The van der Waals surface area contributed by atoms with E-state index in [1.165, 1.54) is 4.57 Å². The van der Waals surface area contributed by atoms with Gasteiger partial charge in [0.1, 0.15) is 12.3 Å². The molecular formula is C14H17N3O4. The number of nitrogens with zero attached hydrogens (tertiary/aromatic N) is 2. The molecule has 0 atom stereocenters. The molecule has 0 aliphatic carbocycles. The highest BCUT2D eigenvalue weighted by Gasteiger charge is 2.16. The number of hydrogen-bond acceptors (Lipinski definition) is 5. The topological polar surface area (TPSA) is 86.4 Å². The maximum Gasteiger partial charge on any atom is 0.442 e. The van der Waals surface area contributed by atoms with Gasteiger partial charge < -0.3 is 10.1 Å². The van der Waals surface area contributed by atoms with Crippen LogP contribution in [0.2, 0.25) is 0 Å². The predicted octanol–water partition coefficient (Wildman–Crippen LogP) is 1.61. The van der Waals surface area contributed by atoms with Crippen molar-refractivity contribution < 1.29 is 14.1 Å². The zero-order valence-corrected chi connectivity index (χ0v) is 12.1. The van der Waals surface area contributed by atoms with E-state index in [0.29, 0.717) is 17.3 Å². The first-order valence-electron chi connectivity index (χ1n) is 6.51. The number of rotatable bonds is 5. The third kappa shape index (κ3) is 3.50. The lowest BCUT2D eigenvalue weighted by Crippen LogP contribution is -2.26. The molecule has 0 radical (unpaired) electrons. The lowest BCUT2D eigenvalue weighted by molar-refractivity contribution is -0.116. The minimum absolute atomic E-state index is 0.0129. The van der Waals surface area contributed by atoms with E-state index >= 15 is 0 Å². The van der Waals surface area contributed by atoms with Gasteiger partial charge in [-0.15, -0.1) is 0 Å². The Morgan fingerprint density at radius 1 is 1.48 bits per heavy atom. The first-order chi connectivity index (χ1) is 10.0. The molecule has 0 fully saturated rings. The molecule has 1 aromatic heterocycles. The van der Waals surface area contributed by atoms with E-state index in [1.54, 1.807) is 31.4 Å². The Bertz CT molecular complexity index is 688. The summed E-state index contributed by atoms with van der Waals surface area (Å²) in [6, 6.07) is 6.97. The summed E-state index contributed by atoms with van der Waals surface area (Å²) >= 11 is 0. The highest BCUT2D eigenvalue weighted by Crippen LogP contribution is 2.16. The summed E-state index contributed by atoms with van der Waals surface area (Å²) in [6.45, 7) is 3.59. The highest BCUT2D eigenvalue weighted by molar-refractivity contribution is 5.90. The van der Waals surface area contributed by atoms with Crippen LogP contribution in [0.1, 0.15) is 25.6 Å². The standard InChI is InChI=1S/C14H17N3O4/c1-9(2)13-16-21-14(19)17(13)8-12(18)15-10-5-4-6-11(7-10)20-3/h4-7,9H,8H2,1-3H3,(H,15,18). The SMILES string of the molecule is COc1cccc(NC(=O)Cn2c(C(C)C)noc2=O)c1. The van der Waals surface area contributed by atoms with E-state index in [-0.39, 0.29) is 18.4 Å². The molecule has 0 bridgehead atoms. The van der Waals surface area contributed by atoms with Crippen molar-refractivity contribution in [1.82, 2.24) is 9.72 Å². The van der Waals surface area contributed by atoms with Crippen LogP contribution >= 0.6 is 0 Å². The molecule has 7 heteroatoms. The fourth-order valence-corrected chi connectivity index (χ4v) is 1.89. The van der Waals surface area contributed by atoms with Crippen LogP contribution in [0.5, 0.6) is 5.75 Å². The third-order valence-electron chi connectivity index (χ3n) is 2.89. The molecule has 2 rings (SSSR count). The molecule has 112 valence electrons. The molecule has 0 saturated carbocycles. The van der Waals surface area contributed by atoms with Crippen LogP contribution in [-0.4, -0.2) is 22.7 Å². The third-order valence-corrected chi connectivity index (χ3v) is 2.89. The molecule has 0 saturated heterocycles. The van der Waals surface area contributed by atoms with Crippen molar-refractivity contribution in [3.8, 4) is 5.75 Å². The summed E-state index contributed by atoms with van der Waals surface area (Å²) in [7, 11) is 1.55. The molecule has 1 N–H and O–H groups in total. The molecule has 0 unspecified atom stereocenters. The van der Waals surface area contributed by atoms with Crippen LogP contribution < -0.4 is 15.8 Å². The van der Waals surface area contributed by atoms with Crippen molar-refractivity contribution in [2.75, 3.05) is 12.4 Å².